The van der Waals surface area contributed by atoms with Crippen LogP contribution in [0.4, 0.5) is 11.5 Å². The van der Waals surface area contributed by atoms with Gasteiger partial charge in [0.25, 0.3) is 0 Å². The molecule has 2 N–H and O–H groups in total. The third-order valence-corrected chi connectivity index (χ3v) is 4.99. The molecule has 0 saturated heterocycles. The number of aromatic nitrogens is 3. The van der Waals surface area contributed by atoms with Gasteiger partial charge < -0.3 is 10.6 Å². The molecule has 8 heteroatoms. The van der Waals surface area contributed by atoms with E-state index < -0.39 is 6.04 Å². The fraction of sp³-hybridized carbons (Fsp3) is 0.174. The predicted octanol–water partition coefficient (Wildman–Crippen LogP) is 3.39. The number of carbonyl (C=O) groups excluding carboxylic acids is 1. The van der Waals surface area contributed by atoms with Gasteiger partial charge in [-0.1, -0.05) is 11.2 Å². The summed E-state index contributed by atoms with van der Waals surface area (Å²) in [6.45, 7) is 1.79. The molecule has 156 valence electrons. The van der Waals surface area contributed by atoms with Crippen LogP contribution in [-0.2, 0) is 4.79 Å². The van der Waals surface area contributed by atoms with E-state index in [0.717, 1.165) is 28.2 Å². The van der Waals surface area contributed by atoms with Gasteiger partial charge in [0.05, 0.1) is 32.2 Å². The number of quaternary nitrogens is 1. The number of hydrogen-bond acceptors (Lipinski definition) is 6. The highest BCUT2D eigenvalue weighted by molar-refractivity contribution is 5.95. The summed E-state index contributed by atoms with van der Waals surface area (Å²) in [4.78, 5) is 25.5. The van der Waals surface area contributed by atoms with Crippen LogP contribution in [0.5, 0.6) is 0 Å². The maximum Gasteiger partial charge on any atom is 0.247 e. The Labute approximate surface area is 181 Å². The van der Waals surface area contributed by atoms with Crippen LogP contribution in [0, 0.1) is 0 Å². The first-order valence-electron chi connectivity index (χ1n) is 9.93. The van der Waals surface area contributed by atoms with E-state index in [0.29, 0.717) is 10.4 Å². The first kappa shape index (κ1) is 20.4. The van der Waals surface area contributed by atoms with Crippen molar-refractivity contribution in [2.24, 2.45) is 5.10 Å². The van der Waals surface area contributed by atoms with Gasteiger partial charge in [-0.05, 0) is 37.3 Å². The Morgan fingerprint density at radius 2 is 1.84 bits per heavy atom. The summed E-state index contributed by atoms with van der Waals surface area (Å²) < 4.78 is 0.408. The Bertz CT molecular complexity index is 1120. The van der Waals surface area contributed by atoms with Gasteiger partial charge in [0.2, 0.25) is 5.91 Å². The fourth-order valence-electron chi connectivity index (χ4n) is 3.23. The van der Waals surface area contributed by atoms with Gasteiger partial charge in [-0.2, -0.15) is 4.59 Å². The quantitative estimate of drug-likeness (QED) is 0.603. The highest BCUT2D eigenvalue weighted by atomic mass is 16.2. The zero-order valence-corrected chi connectivity index (χ0v) is 17.6. The average molecular weight is 414 g/mol. The summed E-state index contributed by atoms with van der Waals surface area (Å²) >= 11 is 0. The molecule has 1 aliphatic rings. The molecule has 0 aromatic carbocycles. The normalized spacial score (nSPS) is 15.3. The largest absolute Gasteiger partial charge is 0.373 e. The second-order valence-electron chi connectivity index (χ2n) is 7.67. The van der Waals surface area contributed by atoms with Gasteiger partial charge >= 0.3 is 0 Å². The van der Waals surface area contributed by atoms with E-state index in [1.807, 2.05) is 50.5 Å². The van der Waals surface area contributed by atoms with Crippen LogP contribution in [0.3, 0.4) is 0 Å². The minimum Gasteiger partial charge on any atom is -0.373 e. The Morgan fingerprint density at radius 3 is 2.45 bits per heavy atom. The van der Waals surface area contributed by atoms with E-state index in [9.17, 15) is 4.79 Å². The standard InChI is InChI=1S/C23H23N7O/c1-16(28-19-7-8-20(25-15-19)21-10-12-27-30(21,2)3)23(31)29-22-9-6-18(14-26-22)17-5-4-11-24-13-17/h4-16H,1-3H3,(H-,26,27,28,29,31)/p+1. The molecule has 3 aromatic heterocycles. The van der Waals surface area contributed by atoms with Crippen LogP contribution in [0.25, 0.3) is 16.8 Å². The maximum atomic E-state index is 12.6. The first-order chi connectivity index (χ1) is 14.9. The second kappa shape index (κ2) is 8.45. The van der Waals surface area contributed by atoms with Crippen molar-refractivity contribution in [3.63, 3.8) is 0 Å². The Balaban J connectivity index is 1.35. The molecular formula is C23H24N7O+. The van der Waals surface area contributed by atoms with E-state index in [4.69, 9.17) is 0 Å². The lowest BCUT2D eigenvalue weighted by Crippen LogP contribution is -2.32. The topological polar surface area (TPSA) is 92.2 Å². The number of amides is 1. The van der Waals surface area contributed by atoms with Gasteiger partial charge in [-0.25, -0.2) is 9.97 Å². The summed E-state index contributed by atoms with van der Waals surface area (Å²) in [5, 5.41) is 10.4. The minimum atomic E-state index is -0.464. The lowest BCUT2D eigenvalue weighted by atomic mass is 10.1. The van der Waals surface area contributed by atoms with Crippen LogP contribution in [-0.4, -0.2) is 51.8 Å². The predicted molar refractivity (Wildman–Crippen MR) is 122 cm³/mol. The van der Waals surface area contributed by atoms with Crippen molar-refractivity contribution in [2.75, 3.05) is 24.7 Å². The molecule has 0 aliphatic carbocycles. The van der Waals surface area contributed by atoms with Gasteiger partial charge in [-0.15, -0.1) is 0 Å². The molecule has 0 bridgehead atoms. The third-order valence-electron chi connectivity index (χ3n) is 4.99. The van der Waals surface area contributed by atoms with Gasteiger partial charge in [0, 0.05) is 35.8 Å². The molecule has 1 aliphatic heterocycles. The van der Waals surface area contributed by atoms with Crippen LogP contribution < -0.4 is 10.6 Å². The van der Waals surface area contributed by atoms with Crippen LogP contribution >= 0.6 is 0 Å². The number of anilines is 2. The van der Waals surface area contributed by atoms with Crippen LogP contribution in [0.1, 0.15) is 12.6 Å². The van der Waals surface area contributed by atoms with E-state index in [2.05, 4.69) is 30.7 Å². The molecule has 0 saturated carbocycles. The van der Waals surface area contributed by atoms with Crippen molar-refractivity contribution in [1.29, 1.82) is 0 Å². The third kappa shape index (κ3) is 4.65. The smallest absolute Gasteiger partial charge is 0.247 e. The van der Waals surface area contributed by atoms with Crippen LogP contribution in [0.15, 0.2) is 72.4 Å². The van der Waals surface area contributed by atoms with E-state index in [1.165, 1.54) is 0 Å². The van der Waals surface area contributed by atoms with Gasteiger partial charge in [-0.3, -0.25) is 9.78 Å². The molecule has 1 unspecified atom stereocenters. The van der Waals surface area contributed by atoms with Crippen molar-refractivity contribution < 1.29 is 9.39 Å². The summed E-state index contributed by atoms with van der Waals surface area (Å²) in [7, 11) is 3.99. The molecular weight excluding hydrogens is 390 g/mol. The lowest BCUT2D eigenvalue weighted by molar-refractivity contribution is -0.822. The van der Waals surface area contributed by atoms with Crippen molar-refractivity contribution >= 4 is 29.3 Å². The van der Waals surface area contributed by atoms with Gasteiger partial charge in [0.1, 0.15) is 17.6 Å². The van der Waals surface area contributed by atoms with Gasteiger partial charge in [0.15, 0.2) is 5.70 Å². The van der Waals surface area contributed by atoms with Crippen molar-refractivity contribution in [1.82, 2.24) is 15.0 Å². The highest BCUT2D eigenvalue weighted by Gasteiger charge is 2.27. The number of rotatable bonds is 6. The Hall–Kier alpha value is -3.91. The monoisotopic (exact) mass is 414 g/mol. The molecule has 1 amide bonds. The molecule has 3 aromatic rings. The van der Waals surface area contributed by atoms with Crippen molar-refractivity contribution in [3.8, 4) is 11.1 Å². The molecule has 0 spiro atoms. The fourth-order valence-corrected chi connectivity index (χ4v) is 3.23. The second-order valence-corrected chi connectivity index (χ2v) is 7.67. The molecule has 31 heavy (non-hydrogen) atoms. The summed E-state index contributed by atoms with van der Waals surface area (Å²) in [5.74, 6) is 0.309. The molecule has 0 fully saturated rings. The number of carbonyl (C=O) groups is 1. The number of hydrogen-bond donors (Lipinski definition) is 2. The average Bonchev–Trinajstić information content (AvgIpc) is 3.14. The summed E-state index contributed by atoms with van der Waals surface area (Å²) in [6.07, 6.45) is 10.7. The van der Waals surface area contributed by atoms with Crippen LogP contribution in [0.2, 0.25) is 0 Å². The molecule has 8 nitrogen and oxygen atoms in total. The van der Waals surface area contributed by atoms with Crippen molar-refractivity contribution in [2.45, 2.75) is 13.0 Å². The summed E-state index contributed by atoms with van der Waals surface area (Å²) in [6, 6.07) is 10.9. The van der Waals surface area contributed by atoms with E-state index in [-0.39, 0.29) is 5.91 Å². The molecule has 1 atom stereocenters. The molecule has 4 rings (SSSR count). The highest BCUT2D eigenvalue weighted by Crippen LogP contribution is 2.26. The van der Waals surface area contributed by atoms with E-state index >= 15 is 0 Å². The summed E-state index contributed by atoms with van der Waals surface area (Å²) in [5.41, 5.74) is 4.53. The zero-order valence-electron chi connectivity index (χ0n) is 17.6. The lowest BCUT2D eigenvalue weighted by Gasteiger charge is -2.20. The Kier molecular flexibility index (Phi) is 5.55. The first-order valence-corrected chi connectivity index (χ1v) is 9.93. The number of nitrogens with one attached hydrogen (secondary N) is 2. The Morgan fingerprint density at radius 1 is 1.00 bits per heavy atom. The number of allylic oxidation sites excluding steroid dienone is 1. The van der Waals surface area contributed by atoms with Crippen molar-refractivity contribution in [3.05, 3.63) is 73.0 Å². The minimum absolute atomic E-state index is 0.185. The number of nitrogens with zero attached hydrogens (tertiary/aromatic N) is 5. The maximum absolute atomic E-state index is 12.6. The SMILES string of the molecule is CC(Nc1ccc(C2=CC=N[N+]2(C)C)nc1)C(=O)Nc1ccc(-c2cccnc2)cn1. The van der Waals surface area contributed by atoms with E-state index in [1.54, 1.807) is 44.0 Å². The number of pyridine rings is 3. The zero-order chi connectivity index (χ0) is 21.8. The molecule has 4 heterocycles. The molecule has 0 radical (unpaired) electrons.